The summed E-state index contributed by atoms with van der Waals surface area (Å²) in [6, 6.07) is 9.35. The molecule has 1 unspecified atom stereocenters. The SMILES string of the molecule is CCC(c1cn[nH]c1)N1CCN(c2ncccc2-c2ccc(C(F)(F)F)cc2)CC1. The van der Waals surface area contributed by atoms with Crippen LogP contribution >= 0.6 is 0 Å². The zero-order valence-corrected chi connectivity index (χ0v) is 16.7. The molecule has 0 radical (unpaired) electrons. The van der Waals surface area contributed by atoms with E-state index < -0.39 is 11.7 Å². The maximum Gasteiger partial charge on any atom is 0.416 e. The number of pyridine rings is 1. The summed E-state index contributed by atoms with van der Waals surface area (Å²) < 4.78 is 38.7. The third-order valence-corrected chi connectivity index (χ3v) is 5.66. The second-order valence-corrected chi connectivity index (χ2v) is 7.43. The molecule has 1 saturated heterocycles. The Bertz CT molecular complexity index is 946. The second kappa shape index (κ2) is 8.47. The third kappa shape index (κ3) is 4.18. The van der Waals surface area contributed by atoms with Crippen molar-refractivity contribution in [2.24, 2.45) is 0 Å². The lowest BCUT2D eigenvalue weighted by molar-refractivity contribution is -0.137. The predicted molar refractivity (Wildman–Crippen MR) is 110 cm³/mol. The number of H-pyrrole nitrogens is 1. The van der Waals surface area contributed by atoms with Crippen LogP contribution in [0.5, 0.6) is 0 Å². The molecule has 1 aliphatic rings. The van der Waals surface area contributed by atoms with E-state index in [0.717, 1.165) is 61.7 Å². The predicted octanol–water partition coefficient (Wildman–Crippen LogP) is 4.76. The summed E-state index contributed by atoms with van der Waals surface area (Å²) in [5, 5.41) is 6.96. The van der Waals surface area contributed by atoms with Crippen molar-refractivity contribution >= 4 is 5.82 Å². The number of aromatic amines is 1. The molecule has 1 atom stereocenters. The van der Waals surface area contributed by atoms with Crippen LogP contribution in [0, 0.1) is 0 Å². The molecule has 158 valence electrons. The van der Waals surface area contributed by atoms with Gasteiger partial charge in [0.1, 0.15) is 5.82 Å². The fraction of sp³-hybridized carbons (Fsp3) is 0.364. The first kappa shape index (κ1) is 20.4. The number of alkyl halides is 3. The molecule has 0 bridgehead atoms. The van der Waals surface area contributed by atoms with Crippen LogP contribution in [0.4, 0.5) is 19.0 Å². The van der Waals surface area contributed by atoms with Crippen LogP contribution in [-0.2, 0) is 6.18 Å². The van der Waals surface area contributed by atoms with Crippen molar-refractivity contribution in [3.05, 3.63) is 66.1 Å². The molecule has 30 heavy (non-hydrogen) atoms. The first-order valence-corrected chi connectivity index (χ1v) is 10.1. The molecule has 0 spiro atoms. The Kier molecular flexibility index (Phi) is 5.76. The standard InChI is InChI=1S/C22H24F3N5/c1-2-20(17-14-27-28-15-17)29-10-12-30(13-11-29)21-19(4-3-9-26-21)16-5-7-18(8-6-16)22(23,24)25/h3-9,14-15,20H,2,10-13H2,1H3,(H,27,28). The number of hydrogen-bond donors (Lipinski definition) is 1. The van der Waals surface area contributed by atoms with E-state index in [9.17, 15) is 13.2 Å². The lowest BCUT2D eigenvalue weighted by atomic mass is 10.0. The Balaban J connectivity index is 1.51. The van der Waals surface area contributed by atoms with Crippen molar-refractivity contribution in [3.8, 4) is 11.1 Å². The van der Waals surface area contributed by atoms with Gasteiger partial charge in [-0.1, -0.05) is 19.1 Å². The molecule has 3 heterocycles. The molecule has 1 fully saturated rings. The van der Waals surface area contributed by atoms with Gasteiger partial charge in [-0.15, -0.1) is 0 Å². The molecule has 0 amide bonds. The number of nitrogens with one attached hydrogen (secondary N) is 1. The van der Waals surface area contributed by atoms with E-state index in [1.807, 2.05) is 24.5 Å². The summed E-state index contributed by atoms with van der Waals surface area (Å²) in [5.41, 5.74) is 2.13. The van der Waals surface area contributed by atoms with Gasteiger partial charge >= 0.3 is 6.18 Å². The highest BCUT2D eigenvalue weighted by molar-refractivity contribution is 5.76. The van der Waals surface area contributed by atoms with E-state index in [1.54, 1.807) is 6.20 Å². The van der Waals surface area contributed by atoms with Gasteiger partial charge in [0.15, 0.2) is 0 Å². The van der Waals surface area contributed by atoms with E-state index in [1.165, 1.54) is 17.7 Å². The highest BCUT2D eigenvalue weighted by atomic mass is 19.4. The van der Waals surface area contributed by atoms with Crippen molar-refractivity contribution in [1.82, 2.24) is 20.1 Å². The van der Waals surface area contributed by atoms with Gasteiger partial charge in [-0.3, -0.25) is 10.00 Å². The van der Waals surface area contributed by atoms with Gasteiger partial charge in [-0.2, -0.15) is 18.3 Å². The molecule has 1 aromatic carbocycles. The van der Waals surface area contributed by atoms with Gasteiger partial charge in [0, 0.05) is 55.7 Å². The number of aromatic nitrogens is 3. The topological polar surface area (TPSA) is 48.1 Å². The molecule has 0 saturated carbocycles. The van der Waals surface area contributed by atoms with Gasteiger partial charge in [-0.25, -0.2) is 4.98 Å². The maximum absolute atomic E-state index is 12.9. The molecule has 5 nitrogen and oxygen atoms in total. The van der Waals surface area contributed by atoms with Crippen LogP contribution < -0.4 is 4.90 Å². The fourth-order valence-corrected chi connectivity index (χ4v) is 4.11. The quantitative estimate of drug-likeness (QED) is 0.653. The van der Waals surface area contributed by atoms with Gasteiger partial charge < -0.3 is 4.90 Å². The van der Waals surface area contributed by atoms with Gasteiger partial charge in [0.2, 0.25) is 0 Å². The Labute approximate surface area is 173 Å². The Morgan fingerprint density at radius 1 is 1.07 bits per heavy atom. The molecule has 1 aliphatic heterocycles. The average molecular weight is 415 g/mol. The lowest BCUT2D eigenvalue weighted by Crippen LogP contribution is -2.48. The van der Waals surface area contributed by atoms with Crippen LogP contribution in [-0.4, -0.2) is 46.3 Å². The third-order valence-electron chi connectivity index (χ3n) is 5.66. The molecular formula is C22H24F3N5. The Morgan fingerprint density at radius 2 is 1.80 bits per heavy atom. The Hall–Kier alpha value is -2.87. The summed E-state index contributed by atoms with van der Waals surface area (Å²) in [6.45, 7) is 5.54. The zero-order chi connectivity index (χ0) is 21.1. The van der Waals surface area contributed by atoms with Crippen molar-refractivity contribution in [2.75, 3.05) is 31.1 Å². The van der Waals surface area contributed by atoms with E-state index in [0.29, 0.717) is 6.04 Å². The molecule has 3 aromatic rings. The number of rotatable bonds is 5. The largest absolute Gasteiger partial charge is 0.416 e. The number of hydrogen-bond acceptors (Lipinski definition) is 4. The minimum Gasteiger partial charge on any atom is -0.354 e. The van der Waals surface area contributed by atoms with E-state index >= 15 is 0 Å². The van der Waals surface area contributed by atoms with Gasteiger partial charge in [0.25, 0.3) is 0 Å². The van der Waals surface area contributed by atoms with Crippen molar-refractivity contribution in [2.45, 2.75) is 25.6 Å². The Morgan fingerprint density at radius 3 is 2.40 bits per heavy atom. The van der Waals surface area contributed by atoms with Crippen molar-refractivity contribution < 1.29 is 13.2 Å². The lowest BCUT2D eigenvalue weighted by Gasteiger charge is -2.39. The smallest absolute Gasteiger partial charge is 0.354 e. The normalized spacial score (nSPS) is 16.6. The number of benzene rings is 1. The number of anilines is 1. The van der Waals surface area contributed by atoms with E-state index in [2.05, 4.69) is 31.9 Å². The summed E-state index contributed by atoms with van der Waals surface area (Å²) in [6.07, 6.45) is 2.22. The van der Waals surface area contributed by atoms with Gasteiger partial charge in [0.05, 0.1) is 11.8 Å². The van der Waals surface area contributed by atoms with Crippen LogP contribution in [0.15, 0.2) is 55.0 Å². The molecule has 4 rings (SSSR count). The van der Waals surface area contributed by atoms with Crippen molar-refractivity contribution in [3.63, 3.8) is 0 Å². The number of piperazine rings is 1. The van der Waals surface area contributed by atoms with Gasteiger partial charge in [-0.05, 0) is 36.2 Å². The van der Waals surface area contributed by atoms with Crippen molar-refractivity contribution in [1.29, 1.82) is 0 Å². The molecule has 1 N–H and O–H groups in total. The van der Waals surface area contributed by atoms with E-state index in [4.69, 9.17) is 0 Å². The second-order valence-electron chi connectivity index (χ2n) is 7.43. The molecule has 8 heteroatoms. The van der Waals surface area contributed by atoms with Crippen LogP contribution in [0.2, 0.25) is 0 Å². The highest BCUT2D eigenvalue weighted by Crippen LogP contribution is 2.34. The fourth-order valence-electron chi connectivity index (χ4n) is 4.11. The molecular weight excluding hydrogens is 391 g/mol. The number of halogens is 3. The average Bonchev–Trinajstić information content (AvgIpc) is 3.29. The monoisotopic (exact) mass is 415 g/mol. The summed E-state index contributed by atoms with van der Waals surface area (Å²) in [4.78, 5) is 9.22. The first-order valence-electron chi connectivity index (χ1n) is 10.1. The number of nitrogens with zero attached hydrogens (tertiary/aromatic N) is 4. The van der Waals surface area contributed by atoms with E-state index in [-0.39, 0.29) is 0 Å². The molecule has 0 aliphatic carbocycles. The minimum absolute atomic E-state index is 0.323. The summed E-state index contributed by atoms with van der Waals surface area (Å²) >= 11 is 0. The summed E-state index contributed by atoms with van der Waals surface area (Å²) in [7, 11) is 0. The first-order chi connectivity index (χ1) is 14.5. The summed E-state index contributed by atoms with van der Waals surface area (Å²) in [5.74, 6) is 0.813. The van der Waals surface area contributed by atoms with Crippen LogP contribution in [0.3, 0.4) is 0 Å². The maximum atomic E-state index is 12.9. The zero-order valence-electron chi connectivity index (χ0n) is 16.7. The highest BCUT2D eigenvalue weighted by Gasteiger charge is 2.30. The minimum atomic E-state index is -4.34. The van der Waals surface area contributed by atoms with Crippen LogP contribution in [0.25, 0.3) is 11.1 Å². The van der Waals surface area contributed by atoms with Crippen LogP contribution in [0.1, 0.15) is 30.5 Å². The molecule has 2 aromatic heterocycles.